The minimum atomic E-state index is 0.711. The lowest BCUT2D eigenvalue weighted by Gasteiger charge is -2.15. The van der Waals surface area contributed by atoms with E-state index in [-0.39, 0.29) is 0 Å². The second-order valence-electron chi connectivity index (χ2n) is 10.1. The molecule has 2 heterocycles. The number of hydrogen-bond donors (Lipinski definition) is 0. The molecular formula is C37H23N3. The maximum Gasteiger partial charge on any atom is 0.160 e. The van der Waals surface area contributed by atoms with Crippen molar-refractivity contribution in [2.24, 2.45) is 0 Å². The van der Waals surface area contributed by atoms with Crippen LogP contribution in [0.25, 0.3) is 77.3 Å². The normalized spacial score (nSPS) is 11.5. The highest BCUT2D eigenvalue weighted by Gasteiger charge is 2.16. The van der Waals surface area contributed by atoms with Crippen molar-refractivity contribution in [3.63, 3.8) is 0 Å². The maximum atomic E-state index is 5.16. The predicted molar refractivity (Wildman–Crippen MR) is 165 cm³/mol. The van der Waals surface area contributed by atoms with Crippen LogP contribution in [0.15, 0.2) is 140 Å². The van der Waals surface area contributed by atoms with E-state index in [1.165, 1.54) is 32.3 Å². The Balaban J connectivity index is 1.34. The molecule has 40 heavy (non-hydrogen) atoms. The van der Waals surface area contributed by atoms with Crippen molar-refractivity contribution >= 4 is 32.3 Å². The SMILES string of the molecule is c1ccc(-c2cc(-c3ccc4ccc5cccc6ccc3c4c56)nc(-c3ccc(-c4ccncc4)cc3)n2)cc1. The van der Waals surface area contributed by atoms with Crippen LogP contribution in [-0.2, 0) is 0 Å². The molecule has 3 nitrogen and oxygen atoms in total. The van der Waals surface area contributed by atoms with E-state index in [0.29, 0.717) is 5.82 Å². The summed E-state index contributed by atoms with van der Waals surface area (Å²) in [6, 6.07) is 44.8. The Kier molecular flexibility index (Phi) is 5.14. The summed E-state index contributed by atoms with van der Waals surface area (Å²) < 4.78 is 0. The minimum absolute atomic E-state index is 0.711. The standard InChI is InChI=1S/C37H23N3/c1-2-5-26(6-3-1)33-23-34(40-37(39-33)30-13-9-24(10-14-30)25-19-21-38-22-20-25)31-17-15-29-12-11-27-7-4-8-28-16-18-32(31)36(29)35(27)28/h1-23H. The quantitative estimate of drug-likeness (QED) is 0.222. The molecule has 0 N–H and O–H groups in total. The molecule has 6 aromatic carbocycles. The van der Waals surface area contributed by atoms with Crippen LogP contribution in [0.5, 0.6) is 0 Å². The van der Waals surface area contributed by atoms with E-state index in [1.54, 1.807) is 0 Å². The number of nitrogens with zero attached hydrogens (tertiary/aromatic N) is 3. The van der Waals surface area contributed by atoms with Gasteiger partial charge in [-0.1, -0.05) is 109 Å². The van der Waals surface area contributed by atoms with E-state index in [9.17, 15) is 0 Å². The summed E-state index contributed by atoms with van der Waals surface area (Å²) in [6.07, 6.45) is 3.64. The fraction of sp³-hybridized carbons (Fsp3) is 0. The molecule has 8 rings (SSSR count). The van der Waals surface area contributed by atoms with Crippen molar-refractivity contribution in [1.29, 1.82) is 0 Å². The van der Waals surface area contributed by atoms with Gasteiger partial charge in [-0.2, -0.15) is 0 Å². The van der Waals surface area contributed by atoms with E-state index in [1.807, 2.05) is 30.6 Å². The van der Waals surface area contributed by atoms with Crippen LogP contribution in [0.4, 0.5) is 0 Å². The molecule has 0 fully saturated rings. The molecular weight excluding hydrogens is 486 g/mol. The number of rotatable bonds is 4. The summed E-state index contributed by atoms with van der Waals surface area (Å²) in [5, 5.41) is 7.57. The molecule has 0 radical (unpaired) electrons. The van der Waals surface area contributed by atoms with Crippen LogP contribution in [-0.4, -0.2) is 15.0 Å². The maximum absolute atomic E-state index is 5.16. The summed E-state index contributed by atoms with van der Waals surface area (Å²) >= 11 is 0. The third-order valence-corrected chi connectivity index (χ3v) is 7.76. The topological polar surface area (TPSA) is 38.7 Å². The number of aromatic nitrogens is 3. The molecule has 0 aliphatic carbocycles. The molecule has 0 saturated heterocycles. The highest BCUT2D eigenvalue weighted by molar-refractivity contribution is 6.25. The Hall–Kier alpha value is -5.41. The molecule has 2 aromatic heterocycles. The molecule has 0 atom stereocenters. The van der Waals surface area contributed by atoms with Gasteiger partial charge >= 0.3 is 0 Å². The molecule has 0 spiro atoms. The van der Waals surface area contributed by atoms with Gasteiger partial charge in [-0.05, 0) is 61.6 Å². The third-order valence-electron chi connectivity index (χ3n) is 7.76. The molecule has 8 aromatic rings. The first-order valence-corrected chi connectivity index (χ1v) is 13.4. The first-order valence-electron chi connectivity index (χ1n) is 13.4. The molecule has 0 saturated carbocycles. The van der Waals surface area contributed by atoms with Gasteiger partial charge in [0.2, 0.25) is 0 Å². The molecule has 3 heteroatoms. The predicted octanol–water partition coefficient (Wildman–Crippen LogP) is 9.44. The number of hydrogen-bond acceptors (Lipinski definition) is 3. The Bertz CT molecular complexity index is 2120. The van der Waals surface area contributed by atoms with Gasteiger partial charge in [-0.25, -0.2) is 9.97 Å². The van der Waals surface area contributed by atoms with Crippen molar-refractivity contribution in [3.05, 3.63) is 140 Å². The van der Waals surface area contributed by atoms with E-state index in [0.717, 1.165) is 39.2 Å². The van der Waals surface area contributed by atoms with E-state index in [4.69, 9.17) is 9.97 Å². The first kappa shape index (κ1) is 22.6. The number of pyridine rings is 1. The van der Waals surface area contributed by atoms with Crippen LogP contribution >= 0.6 is 0 Å². The van der Waals surface area contributed by atoms with Crippen molar-refractivity contribution < 1.29 is 0 Å². The summed E-state index contributed by atoms with van der Waals surface area (Å²) in [5.74, 6) is 0.711. The van der Waals surface area contributed by atoms with Gasteiger partial charge in [0, 0.05) is 29.1 Å². The highest BCUT2D eigenvalue weighted by atomic mass is 14.9. The lowest BCUT2D eigenvalue weighted by atomic mass is 9.91. The van der Waals surface area contributed by atoms with Gasteiger partial charge in [0.05, 0.1) is 11.4 Å². The van der Waals surface area contributed by atoms with Gasteiger partial charge in [0.25, 0.3) is 0 Å². The van der Waals surface area contributed by atoms with Gasteiger partial charge in [-0.3, -0.25) is 4.98 Å². The second-order valence-corrected chi connectivity index (χ2v) is 10.1. The van der Waals surface area contributed by atoms with Crippen molar-refractivity contribution in [2.45, 2.75) is 0 Å². The zero-order valence-electron chi connectivity index (χ0n) is 21.6. The Morgan fingerprint density at radius 2 is 1.02 bits per heavy atom. The van der Waals surface area contributed by atoms with Crippen molar-refractivity contribution in [3.8, 4) is 45.0 Å². The average molecular weight is 510 g/mol. The fourth-order valence-corrected chi connectivity index (χ4v) is 5.79. The first-order chi connectivity index (χ1) is 19.8. The Morgan fingerprint density at radius 1 is 0.400 bits per heavy atom. The summed E-state index contributed by atoms with van der Waals surface area (Å²) in [5.41, 5.74) is 7.25. The van der Waals surface area contributed by atoms with Gasteiger partial charge < -0.3 is 0 Å². The molecule has 186 valence electrons. The number of benzene rings is 6. The minimum Gasteiger partial charge on any atom is -0.265 e. The molecule has 0 unspecified atom stereocenters. The van der Waals surface area contributed by atoms with Crippen molar-refractivity contribution in [1.82, 2.24) is 15.0 Å². The average Bonchev–Trinajstić information content (AvgIpc) is 3.04. The third kappa shape index (κ3) is 3.71. The molecule has 0 bridgehead atoms. The van der Waals surface area contributed by atoms with E-state index in [2.05, 4.69) is 114 Å². The largest absolute Gasteiger partial charge is 0.265 e. The highest BCUT2D eigenvalue weighted by Crippen LogP contribution is 2.39. The summed E-state index contributed by atoms with van der Waals surface area (Å²) in [7, 11) is 0. The lowest BCUT2D eigenvalue weighted by Crippen LogP contribution is -1.97. The van der Waals surface area contributed by atoms with E-state index >= 15 is 0 Å². The lowest BCUT2D eigenvalue weighted by molar-refractivity contribution is 1.18. The molecule has 0 amide bonds. The van der Waals surface area contributed by atoms with Crippen LogP contribution in [0.2, 0.25) is 0 Å². The van der Waals surface area contributed by atoms with Crippen LogP contribution < -0.4 is 0 Å². The van der Waals surface area contributed by atoms with Gasteiger partial charge in [0.1, 0.15) is 0 Å². The van der Waals surface area contributed by atoms with Crippen LogP contribution in [0.1, 0.15) is 0 Å². The zero-order valence-corrected chi connectivity index (χ0v) is 21.6. The molecule has 0 aliphatic rings. The Labute approximate surface area is 231 Å². The van der Waals surface area contributed by atoms with Crippen LogP contribution in [0, 0.1) is 0 Å². The van der Waals surface area contributed by atoms with Crippen molar-refractivity contribution in [2.75, 3.05) is 0 Å². The smallest absolute Gasteiger partial charge is 0.160 e. The monoisotopic (exact) mass is 509 g/mol. The van der Waals surface area contributed by atoms with Gasteiger partial charge in [0.15, 0.2) is 5.82 Å². The van der Waals surface area contributed by atoms with Crippen LogP contribution in [0.3, 0.4) is 0 Å². The van der Waals surface area contributed by atoms with E-state index < -0.39 is 0 Å². The summed E-state index contributed by atoms with van der Waals surface area (Å²) in [4.78, 5) is 14.3. The molecule has 0 aliphatic heterocycles. The summed E-state index contributed by atoms with van der Waals surface area (Å²) in [6.45, 7) is 0. The Morgan fingerprint density at radius 3 is 1.80 bits per heavy atom. The van der Waals surface area contributed by atoms with Gasteiger partial charge in [-0.15, -0.1) is 0 Å². The zero-order chi connectivity index (χ0) is 26.5. The fourth-order valence-electron chi connectivity index (χ4n) is 5.79. The second kappa shape index (κ2) is 9.11.